The van der Waals surface area contributed by atoms with E-state index in [2.05, 4.69) is 15.3 Å². The lowest BCUT2D eigenvalue weighted by Gasteiger charge is -2.34. The minimum Gasteiger partial charge on any atom is -0.377 e. The minimum atomic E-state index is -0.219. The van der Waals surface area contributed by atoms with Crippen LogP contribution in [0.1, 0.15) is 24.5 Å². The molecule has 2 heterocycles. The minimum absolute atomic E-state index is 0.00548. The number of morpholine rings is 1. The van der Waals surface area contributed by atoms with Crippen LogP contribution in [-0.2, 0) is 14.3 Å². The first-order chi connectivity index (χ1) is 9.08. The second-order valence-corrected chi connectivity index (χ2v) is 4.54. The molecule has 1 aromatic rings. The van der Waals surface area contributed by atoms with Crippen LogP contribution < -0.4 is 5.32 Å². The number of nitrogens with one attached hydrogen (secondary N) is 2. The molecule has 2 amide bonds. The molecule has 1 fully saturated rings. The highest BCUT2D eigenvalue weighted by atomic mass is 16.5. The highest BCUT2D eigenvalue weighted by molar-refractivity contribution is 5.84. The Bertz CT molecular complexity index is 471. The molecule has 0 bridgehead atoms. The number of hydrogen-bond donors (Lipinski definition) is 2. The summed E-state index contributed by atoms with van der Waals surface area (Å²) in [6.07, 6.45) is 1.72. The molecule has 1 atom stereocenters. The van der Waals surface area contributed by atoms with Gasteiger partial charge in [-0.2, -0.15) is 0 Å². The van der Waals surface area contributed by atoms with E-state index in [9.17, 15) is 9.59 Å². The van der Waals surface area contributed by atoms with Crippen molar-refractivity contribution in [1.82, 2.24) is 20.2 Å². The van der Waals surface area contributed by atoms with Crippen molar-refractivity contribution in [1.29, 1.82) is 0 Å². The number of ether oxygens (including phenoxy) is 1. The SMILES string of the molecule is CC(=O)NCC(=O)N1CCOCC1c1ncc(C)[nH]1. The van der Waals surface area contributed by atoms with Gasteiger partial charge in [0.2, 0.25) is 11.8 Å². The van der Waals surface area contributed by atoms with Crippen LogP contribution in [0.2, 0.25) is 0 Å². The highest BCUT2D eigenvalue weighted by Gasteiger charge is 2.30. The van der Waals surface area contributed by atoms with Crippen LogP contribution in [0.3, 0.4) is 0 Å². The molecule has 7 nitrogen and oxygen atoms in total. The Balaban J connectivity index is 2.07. The summed E-state index contributed by atoms with van der Waals surface area (Å²) in [6, 6.07) is -0.219. The molecule has 1 unspecified atom stereocenters. The molecule has 0 spiro atoms. The Labute approximate surface area is 111 Å². The Morgan fingerprint density at radius 1 is 1.63 bits per heavy atom. The number of carbonyl (C=O) groups excluding carboxylic acids is 2. The summed E-state index contributed by atoms with van der Waals surface area (Å²) in [5.41, 5.74) is 0.940. The van der Waals surface area contributed by atoms with Crippen molar-refractivity contribution in [2.45, 2.75) is 19.9 Å². The van der Waals surface area contributed by atoms with Gasteiger partial charge in [-0.3, -0.25) is 9.59 Å². The number of rotatable bonds is 3. The van der Waals surface area contributed by atoms with E-state index >= 15 is 0 Å². The van der Waals surface area contributed by atoms with E-state index in [-0.39, 0.29) is 24.4 Å². The van der Waals surface area contributed by atoms with Crippen molar-refractivity contribution in [2.24, 2.45) is 0 Å². The molecular weight excluding hydrogens is 248 g/mol. The van der Waals surface area contributed by atoms with Gasteiger partial charge in [0, 0.05) is 25.4 Å². The number of aryl methyl sites for hydroxylation is 1. The summed E-state index contributed by atoms with van der Waals surface area (Å²) in [7, 11) is 0. The van der Waals surface area contributed by atoms with Gasteiger partial charge in [-0.1, -0.05) is 0 Å². The topological polar surface area (TPSA) is 87.3 Å². The molecule has 0 aromatic carbocycles. The molecule has 2 rings (SSSR count). The number of aromatic amines is 1. The maximum Gasteiger partial charge on any atom is 0.242 e. The summed E-state index contributed by atoms with van der Waals surface area (Å²) in [6.45, 7) is 4.72. The number of nitrogens with zero attached hydrogens (tertiary/aromatic N) is 2. The maximum absolute atomic E-state index is 12.1. The predicted molar refractivity (Wildman–Crippen MR) is 67.3 cm³/mol. The number of amides is 2. The van der Waals surface area contributed by atoms with Crippen molar-refractivity contribution in [3.05, 3.63) is 17.7 Å². The lowest BCUT2D eigenvalue weighted by atomic mass is 10.2. The molecule has 104 valence electrons. The average Bonchev–Trinajstić information content (AvgIpc) is 2.82. The normalized spacial score (nSPS) is 19.3. The van der Waals surface area contributed by atoms with Crippen LogP contribution in [0.4, 0.5) is 0 Å². The van der Waals surface area contributed by atoms with E-state index in [1.165, 1.54) is 6.92 Å². The molecule has 1 aliphatic heterocycles. The quantitative estimate of drug-likeness (QED) is 0.790. The fourth-order valence-electron chi connectivity index (χ4n) is 2.03. The van der Waals surface area contributed by atoms with E-state index in [1.54, 1.807) is 11.1 Å². The first-order valence-corrected chi connectivity index (χ1v) is 6.21. The largest absolute Gasteiger partial charge is 0.377 e. The molecular formula is C12H18N4O3. The van der Waals surface area contributed by atoms with E-state index in [4.69, 9.17) is 4.74 Å². The molecule has 19 heavy (non-hydrogen) atoms. The van der Waals surface area contributed by atoms with Gasteiger partial charge >= 0.3 is 0 Å². The third-order valence-electron chi connectivity index (χ3n) is 2.98. The number of imidazole rings is 1. The van der Waals surface area contributed by atoms with Crippen molar-refractivity contribution >= 4 is 11.8 Å². The van der Waals surface area contributed by atoms with Gasteiger partial charge in [0.15, 0.2) is 0 Å². The third kappa shape index (κ3) is 3.31. The number of aromatic nitrogens is 2. The molecule has 0 aliphatic carbocycles. The second kappa shape index (κ2) is 5.83. The zero-order valence-electron chi connectivity index (χ0n) is 11.1. The van der Waals surface area contributed by atoms with Gasteiger partial charge in [0.05, 0.1) is 19.8 Å². The molecule has 0 radical (unpaired) electrons. The summed E-state index contributed by atoms with van der Waals surface area (Å²) < 4.78 is 5.41. The van der Waals surface area contributed by atoms with Crippen molar-refractivity contribution < 1.29 is 14.3 Å². The van der Waals surface area contributed by atoms with Crippen LogP contribution in [0, 0.1) is 6.92 Å². The van der Waals surface area contributed by atoms with Gasteiger partial charge in [0.25, 0.3) is 0 Å². The number of H-pyrrole nitrogens is 1. The smallest absolute Gasteiger partial charge is 0.242 e. The summed E-state index contributed by atoms with van der Waals surface area (Å²) >= 11 is 0. The van der Waals surface area contributed by atoms with Gasteiger partial charge in [-0.15, -0.1) is 0 Å². The number of carbonyl (C=O) groups is 2. The fraction of sp³-hybridized carbons (Fsp3) is 0.583. The molecule has 7 heteroatoms. The van der Waals surface area contributed by atoms with E-state index in [0.29, 0.717) is 25.6 Å². The van der Waals surface area contributed by atoms with E-state index < -0.39 is 0 Å². The molecule has 1 aliphatic rings. The van der Waals surface area contributed by atoms with Gasteiger partial charge in [-0.05, 0) is 6.92 Å². The maximum atomic E-state index is 12.1. The monoisotopic (exact) mass is 266 g/mol. The summed E-state index contributed by atoms with van der Waals surface area (Å²) in [5, 5.41) is 2.52. The Kier molecular flexibility index (Phi) is 4.16. The van der Waals surface area contributed by atoms with E-state index in [0.717, 1.165) is 5.69 Å². The van der Waals surface area contributed by atoms with Crippen LogP contribution in [0.15, 0.2) is 6.20 Å². The number of hydrogen-bond acceptors (Lipinski definition) is 4. The van der Waals surface area contributed by atoms with Crippen LogP contribution >= 0.6 is 0 Å². The Morgan fingerprint density at radius 3 is 3.05 bits per heavy atom. The Hall–Kier alpha value is -1.89. The van der Waals surface area contributed by atoms with Crippen molar-refractivity contribution in [3.8, 4) is 0 Å². The molecule has 1 aromatic heterocycles. The second-order valence-electron chi connectivity index (χ2n) is 4.54. The lowest BCUT2D eigenvalue weighted by Crippen LogP contribution is -2.47. The fourth-order valence-corrected chi connectivity index (χ4v) is 2.03. The Morgan fingerprint density at radius 2 is 2.42 bits per heavy atom. The first-order valence-electron chi connectivity index (χ1n) is 6.21. The van der Waals surface area contributed by atoms with E-state index in [1.807, 2.05) is 6.92 Å². The van der Waals surface area contributed by atoms with Crippen LogP contribution in [-0.4, -0.2) is 53.0 Å². The van der Waals surface area contributed by atoms with Crippen LogP contribution in [0.5, 0.6) is 0 Å². The van der Waals surface area contributed by atoms with Crippen molar-refractivity contribution in [3.63, 3.8) is 0 Å². The van der Waals surface area contributed by atoms with Crippen LogP contribution in [0.25, 0.3) is 0 Å². The van der Waals surface area contributed by atoms with Gasteiger partial charge < -0.3 is 19.9 Å². The first kappa shape index (κ1) is 13.5. The molecule has 1 saturated heterocycles. The molecule has 0 saturated carbocycles. The average molecular weight is 266 g/mol. The zero-order valence-corrected chi connectivity index (χ0v) is 11.1. The van der Waals surface area contributed by atoms with Gasteiger partial charge in [-0.25, -0.2) is 4.98 Å². The lowest BCUT2D eigenvalue weighted by molar-refractivity contribution is -0.140. The summed E-state index contributed by atoms with van der Waals surface area (Å²) in [5.74, 6) is 0.373. The predicted octanol–water partition coefficient (Wildman–Crippen LogP) is -0.246. The van der Waals surface area contributed by atoms with Crippen molar-refractivity contribution in [2.75, 3.05) is 26.3 Å². The zero-order chi connectivity index (χ0) is 13.8. The summed E-state index contributed by atoms with van der Waals surface area (Å²) in [4.78, 5) is 32.0. The molecule has 2 N–H and O–H groups in total. The highest BCUT2D eigenvalue weighted by Crippen LogP contribution is 2.21. The standard InChI is InChI=1S/C12H18N4O3/c1-8-5-14-12(15-8)10-7-19-4-3-16(10)11(18)6-13-9(2)17/h5,10H,3-4,6-7H2,1-2H3,(H,13,17)(H,14,15). The third-order valence-corrected chi connectivity index (χ3v) is 2.98. The van der Waals surface area contributed by atoms with Gasteiger partial charge in [0.1, 0.15) is 11.9 Å².